The number of hydrogen-bond acceptors (Lipinski definition) is 5. The second-order valence-corrected chi connectivity index (χ2v) is 7.96. The van der Waals surface area contributed by atoms with Crippen LogP contribution in [0.4, 0.5) is 0 Å². The van der Waals surface area contributed by atoms with Crippen LogP contribution in [-0.2, 0) is 11.3 Å². The number of fused-ring (bicyclic) bond motifs is 1. The number of benzene rings is 2. The van der Waals surface area contributed by atoms with Gasteiger partial charge in [0.2, 0.25) is 5.91 Å². The van der Waals surface area contributed by atoms with Crippen LogP contribution in [0.25, 0.3) is 33.5 Å². The van der Waals surface area contributed by atoms with Crippen molar-refractivity contribution in [1.29, 1.82) is 0 Å². The van der Waals surface area contributed by atoms with Gasteiger partial charge in [-0.3, -0.25) is 4.79 Å². The van der Waals surface area contributed by atoms with Crippen molar-refractivity contribution in [2.75, 3.05) is 0 Å². The van der Waals surface area contributed by atoms with E-state index in [1.54, 1.807) is 6.92 Å². The SMILES string of the molecule is CCn1c(SC(C)C(N)=O)nnc1-c1cc(-c2ccccc2)nc2ccccc12. The van der Waals surface area contributed by atoms with Crippen molar-refractivity contribution in [3.8, 4) is 22.6 Å². The number of rotatable bonds is 6. The molecule has 0 bridgehead atoms. The fraction of sp³-hybridized carbons (Fsp3) is 0.182. The molecule has 2 aromatic heterocycles. The topological polar surface area (TPSA) is 86.7 Å². The van der Waals surface area contributed by atoms with Crippen LogP contribution in [0.15, 0.2) is 65.8 Å². The average molecular weight is 404 g/mol. The lowest BCUT2D eigenvalue weighted by Gasteiger charge is -2.12. The Morgan fingerprint density at radius 3 is 2.55 bits per heavy atom. The Kier molecular flexibility index (Phi) is 5.31. The van der Waals surface area contributed by atoms with E-state index in [0.717, 1.165) is 33.5 Å². The first-order valence-corrected chi connectivity index (χ1v) is 10.3. The van der Waals surface area contributed by atoms with E-state index in [4.69, 9.17) is 10.7 Å². The highest BCUT2D eigenvalue weighted by Gasteiger charge is 2.20. The summed E-state index contributed by atoms with van der Waals surface area (Å²) in [5.41, 5.74) is 9.20. The second-order valence-electron chi connectivity index (χ2n) is 6.65. The number of nitrogens with two attached hydrogens (primary N) is 1. The van der Waals surface area contributed by atoms with Crippen molar-refractivity contribution in [3.05, 3.63) is 60.7 Å². The molecule has 1 atom stereocenters. The molecular weight excluding hydrogens is 382 g/mol. The third-order valence-electron chi connectivity index (χ3n) is 4.74. The normalized spacial score (nSPS) is 12.2. The van der Waals surface area contributed by atoms with Gasteiger partial charge >= 0.3 is 0 Å². The molecule has 0 fully saturated rings. The molecule has 0 aliphatic rings. The standard InChI is InChI=1S/C22H21N5OS/c1-3-27-21(25-26-22(27)29-14(2)20(23)28)17-13-19(15-9-5-4-6-10-15)24-18-12-8-7-11-16(17)18/h4-14H,3H2,1-2H3,(H2,23,28). The summed E-state index contributed by atoms with van der Waals surface area (Å²) in [4.78, 5) is 16.3. The third-order valence-corrected chi connectivity index (χ3v) is 5.84. The van der Waals surface area contributed by atoms with Crippen molar-refractivity contribution in [3.63, 3.8) is 0 Å². The van der Waals surface area contributed by atoms with E-state index in [0.29, 0.717) is 11.7 Å². The van der Waals surface area contributed by atoms with E-state index in [1.165, 1.54) is 11.8 Å². The quantitative estimate of drug-likeness (QED) is 0.489. The molecule has 29 heavy (non-hydrogen) atoms. The smallest absolute Gasteiger partial charge is 0.230 e. The molecule has 0 saturated carbocycles. The highest BCUT2D eigenvalue weighted by molar-refractivity contribution is 8.00. The van der Waals surface area contributed by atoms with Crippen molar-refractivity contribution < 1.29 is 4.79 Å². The minimum Gasteiger partial charge on any atom is -0.369 e. The van der Waals surface area contributed by atoms with Crippen LogP contribution in [0.5, 0.6) is 0 Å². The number of thioether (sulfide) groups is 1. The number of pyridine rings is 1. The molecule has 1 amide bonds. The Hall–Kier alpha value is -3.19. The molecule has 2 N–H and O–H groups in total. The summed E-state index contributed by atoms with van der Waals surface area (Å²) in [6.07, 6.45) is 0. The lowest BCUT2D eigenvalue weighted by atomic mass is 10.0. The highest BCUT2D eigenvalue weighted by Crippen LogP contribution is 2.33. The summed E-state index contributed by atoms with van der Waals surface area (Å²) in [5, 5.41) is 10.1. The summed E-state index contributed by atoms with van der Waals surface area (Å²) < 4.78 is 2.01. The van der Waals surface area contributed by atoms with Gasteiger partial charge in [0.1, 0.15) is 0 Å². The Balaban J connectivity index is 1.90. The summed E-state index contributed by atoms with van der Waals surface area (Å²) in [5.74, 6) is 0.380. The van der Waals surface area contributed by atoms with Gasteiger partial charge in [-0.05, 0) is 26.0 Å². The number of carbonyl (C=O) groups excluding carboxylic acids is 1. The maximum atomic E-state index is 11.5. The lowest BCUT2D eigenvalue weighted by molar-refractivity contribution is -0.117. The van der Waals surface area contributed by atoms with E-state index in [9.17, 15) is 4.79 Å². The molecule has 146 valence electrons. The van der Waals surface area contributed by atoms with E-state index in [1.807, 2.05) is 66.1 Å². The molecule has 6 nitrogen and oxygen atoms in total. The zero-order valence-corrected chi connectivity index (χ0v) is 17.1. The van der Waals surface area contributed by atoms with Crippen molar-refractivity contribution in [2.24, 2.45) is 5.73 Å². The van der Waals surface area contributed by atoms with Crippen LogP contribution in [-0.4, -0.2) is 30.9 Å². The maximum absolute atomic E-state index is 11.5. The zero-order chi connectivity index (χ0) is 20.4. The summed E-state index contributed by atoms with van der Waals surface area (Å²) >= 11 is 1.32. The molecule has 0 aliphatic carbocycles. The van der Waals surface area contributed by atoms with Gasteiger partial charge in [0.15, 0.2) is 11.0 Å². The monoisotopic (exact) mass is 403 g/mol. The highest BCUT2D eigenvalue weighted by atomic mass is 32.2. The number of hydrogen-bond donors (Lipinski definition) is 1. The van der Waals surface area contributed by atoms with Crippen LogP contribution in [0.1, 0.15) is 13.8 Å². The van der Waals surface area contributed by atoms with Gasteiger partial charge in [0, 0.05) is 23.1 Å². The molecule has 0 saturated heterocycles. The van der Waals surface area contributed by atoms with E-state index in [2.05, 4.69) is 16.3 Å². The summed E-state index contributed by atoms with van der Waals surface area (Å²) in [6, 6.07) is 20.1. The minimum atomic E-state index is -0.383. The summed E-state index contributed by atoms with van der Waals surface area (Å²) in [7, 11) is 0. The number of carbonyl (C=O) groups is 1. The molecule has 7 heteroatoms. The van der Waals surface area contributed by atoms with Crippen LogP contribution < -0.4 is 5.73 Å². The van der Waals surface area contributed by atoms with Gasteiger partial charge in [-0.2, -0.15) is 0 Å². The average Bonchev–Trinajstić information content (AvgIpc) is 3.15. The van der Waals surface area contributed by atoms with Crippen LogP contribution in [0.2, 0.25) is 0 Å². The van der Waals surface area contributed by atoms with Crippen LogP contribution >= 0.6 is 11.8 Å². The number of aromatic nitrogens is 4. The summed E-state index contributed by atoms with van der Waals surface area (Å²) in [6.45, 7) is 4.48. The minimum absolute atomic E-state index is 0.372. The Labute approximate surface area is 173 Å². The Morgan fingerprint density at radius 2 is 1.83 bits per heavy atom. The molecule has 1 unspecified atom stereocenters. The van der Waals surface area contributed by atoms with Gasteiger partial charge < -0.3 is 10.3 Å². The molecule has 0 aliphatic heterocycles. The van der Waals surface area contributed by atoms with Crippen LogP contribution in [0, 0.1) is 0 Å². The fourth-order valence-electron chi connectivity index (χ4n) is 3.19. The predicted octanol–water partition coefficient (Wildman–Crippen LogP) is 4.15. The maximum Gasteiger partial charge on any atom is 0.230 e. The molecular formula is C22H21N5OS. The van der Waals surface area contributed by atoms with E-state index < -0.39 is 0 Å². The second kappa shape index (κ2) is 8.05. The number of para-hydroxylation sites is 1. The molecule has 4 aromatic rings. The number of primary amides is 1. The third kappa shape index (κ3) is 3.73. The number of amides is 1. The van der Waals surface area contributed by atoms with Gasteiger partial charge in [-0.25, -0.2) is 4.98 Å². The predicted molar refractivity (Wildman–Crippen MR) is 116 cm³/mol. The lowest BCUT2D eigenvalue weighted by Crippen LogP contribution is -2.23. The van der Waals surface area contributed by atoms with Crippen molar-refractivity contribution in [1.82, 2.24) is 19.7 Å². The Bertz CT molecular complexity index is 1170. The molecule has 4 rings (SSSR count). The largest absolute Gasteiger partial charge is 0.369 e. The van der Waals surface area contributed by atoms with Gasteiger partial charge in [0.25, 0.3) is 0 Å². The van der Waals surface area contributed by atoms with Crippen LogP contribution in [0.3, 0.4) is 0 Å². The first kappa shape index (κ1) is 19.1. The fourth-order valence-corrected chi connectivity index (χ4v) is 4.06. The number of nitrogens with zero attached hydrogens (tertiary/aromatic N) is 4. The first-order valence-electron chi connectivity index (χ1n) is 9.43. The van der Waals surface area contributed by atoms with Gasteiger partial charge in [-0.15, -0.1) is 10.2 Å². The zero-order valence-electron chi connectivity index (χ0n) is 16.2. The first-order chi connectivity index (χ1) is 14.1. The van der Waals surface area contributed by atoms with Gasteiger partial charge in [0.05, 0.1) is 16.5 Å². The molecule has 2 heterocycles. The molecule has 0 radical (unpaired) electrons. The van der Waals surface area contributed by atoms with E-state index in [-0.39, 0.29) is 11.2 Å². The molecule has 0 spiro atoms. The molecule has 2 aromatic carbocycles. The van der Waals surface area contributed by atoms with E-state index >= 15 is 0 Å². The van der Waals surface area contributed by atoms with Crippen molar-refractivity contribution >= 4 is 28.6 Å². The Morgan fingerprint density at radius 1 is 1.10 bits per heavy atom. The van der Waals surface area contributed by atoms with Crippen molar-refractivity contribution in [2.45, 2.75) is 30.8 Å². The van der Waals surface area contributed by atoms with Gasteiger partial charge in [-0.1, -0.05) is 60.3 Å².